The van der Waals surface area contributed by atoms with Crippen molar-refractivity contribution in [3.8, 4) is 5.75 Å². The molecule has 84 valence electrons. The number of hydrogen-bond acceptors (Lipinski definition) is 3. The lowest BCUT2D eigenvalue weighted by atomic mass is 10.3. The van der Waals surface area contributed by atoms with Crippen molar-refractivity contribution in [1.29, 1.82) is 0 Å². The quantitative estimate of drug-likeness (QED) is 0.691. The van der Waals surface area contributed by atoms with E-state index in [-0.39, 0.29) is 0 Å². The molecular formula is C12H19NOS. The lowest BCUT2D eigenvalue weighted by Crippen LogP contribution is -2.14. The highest BCUT2D eigenvalue weighted by atomic mass is 32.2. The molecule has 0 fully saturated rings. The van der Waals surface area contributed by atoms with Crippen LogP contribution in [0.4, 0.5) is 0 Å². The van der Waals surface area contributed by atoms with E-state index in [0.29, 0.717) is 0 Å². The van der Waals surface area contributed by atoms with Gasteiger partial charge in [-0.15, -0.1) is 11.8 Å². The Morgan fingerprint density at radius 1 is 1.33 bits per heavy atom. The Bertz CT molecular complexity index is 289. The van der Waals surface area contributed by atoms with Crippen LogP contribution in [0.1, 0.15) is 6.92 Å². The van der Waals surface area contributed by atoms with Crippen LogP contribution in [0, 0.1) is 0 Å². The summed E-state index contributed by atoms with van der Waals surface area (Å²) in [6, 6.07) is 8.27. The first-order valence-corrected chi connectivity index (χ1v) is 6.21. The van der Waals surface area contributed by atoms with Crippen molar-refractivity contribution in [3.63, 3.8) is 0 Å². The smallest absolute Gasteiger partial charge is 0.120 e. The van der Waals surface area contributed by atoms with Crippen LogP contribution in [0.2, 0.25) is 0 Å². The molecule has 0 atom stereocenters. The third-order valence-corrected chi connectivity index (χ3v) is 2.90. The predicted octanol–water partition coefficient (Wildman–Crippen LogP) is 2.74. The summed E-state index contributed by atoms with van der Waals surface area (Å²) >= 11 is 1.87. The zero-order chi connectivity index (χ0) is 11.1. The number of thioether (sulfide) groups is 1. The molecule has 0 aliphatic carbocycles. The minimum atomic E-state index is 0.728. The van der Waals surface area contributed by atoms with E-state index < -0.39 is 0 Å². The van der Waals surface area contributed by atoms with Gasteiger partial charge in [-0.3, -0.25) is 0 Å². The van der Waals surface area contributed by atoms with E-state index >= 15 is 0 Å². The van der Waals surface area contributed by atoms with Crippen LogP contribution in [0.5, 0.6) is 5.75 Å². The van der Waals surface area contributed by atoms with E-state index in [1.165, 1.54) is 4.90 Å². The van der Waals surface area contributed by atoms with Crippen molar-refractivity contribution >= 4 is 11.8 Å². The van der Waals surface area contributed by atoms with Gasteiger partial charge in [-0.05, 0) is 39.2 Å². The first kappa shape index (κ1) is 12.4. The van der Waals surface area contributed by atoms with E-state index in [0.717, 1.165) is 24.7 Å². The van der Waals surface area contributed by atoms with E-state index in [1.54, 1.807) is 0 Å². The van der Waals surface area contributed by atoms with Gasteiger partial charge in [-0.1, -0.05) is 6.07 Å². The molecule has 0 radical (unpaired) electrons. The molecule has 0 saturated carbocycles. The molecule has 0 spiro atoms. The van der Waals surface area contributed by atoms with Crippen LogP contribution >= 0.6 is 11.8 Å². The Hall–Kier alpha value is -0.670. The average molecular weight is 225 g/mol. The zero-order valence-electron chi connectivity index (χ0n) is 9.69. The molecule has 0 saturated heterocycles. The summed E-state index contributed by atoms with van der Waals surface area (Å²) in [5.74, 6) is 2.08. The van der Waals surface area contributed by atoms with Gasteiger partial charge in [0.25, 0.3) is 0 Å². The molecule has 1 aromatic rings. The summed E-state index contributed by atoms with van der Waals surface area (Å²) in [6.07, 6.45) is 0. The monoisotopic (exact) mass is 225 g/mol. The highest BCUT2D eigenvalue weighted by molar-refractivity contribution is 7.99. The molecule has 0 bridgehead atoms. The van der Waals surface area contributed by atoms with Crippen molar-refractivity contribution < 1.29 is 4.74 Å². The fraction of sp³-hybridized carbons (Fsp3) is 0.500. The van der Waals surface area contributed by atoms with Crippen LogP contribution in [0.3, 0.4) is 0 Å². The van der Waals surface area contributed by atoms with Gasteiger partial charge in [0.15, 0.2) is 0 Å². The Morgan fingerprint density at radius 3 is 2.80 bits per heavy atom. The van der Waals surface area contributed by atoms with E-state index in [1.807, 2.05) is 30.8 Å². The standard InChI is InChI=1S/C12H19NOS/c1-4-14-11-6-5-7-12(10-11)15-9-8-13(2)3/h5-7,10H,4,8-9H2,1-3H3. The fourth-order valence-corrected chi connectivity index (χ4v) is 2.23. The molecule has 3 heteroatoms. The maximum atomic E-state index is 5.45. The summed E-state index contributed by atoms with van der Waals surface area (Å²) in [4.78, 5) is 3.47. The molecule has 2 nitrogen and oxygen atoms in total. The Balaban J connectivity index is 2.43. The SMILES string of the molecule is CCOc1cccc(SCCN(C)C)c1. The molecule has 0 aliphatic rings. The second-order valence-corrected chi connectivity index (χ2v) is 4.73. The van der Waals surface area contributed by atoms with Crippen molar-refractivity contribution in [1.82, 2.24) is 4.90 Å². The maximum Gasteiger partial charge on any atom is 0.120 e. The van der Waals surface area contributed by atoms with Gasteiger partial charge in [0.1, 0.15) is 5.75 Å². The maximum absolute atomic E-state index is 5.45. The second kappa shape index (κ2) is 6.75. The van der Waals surface area contributed by atoms with Gasteiger partial charge < -0.3 is 9.64 Å². The zero-order valence-corrected chi connectivity index (χ0v) is 10.5. The summed E-state index contributed by atoms with van der Waals surface area (Å²) in [5, 5.41) is 0. The van der Waals surface area contributed by atoms with Crippen molar-refractivity contribution in [2.75, 3.05) is 33.0 Å². The number of ether oxygens (including phenoxy) is 1. The Kier molecular flexibility index (Phi) is 5.58. The molecule has 0 aromatic heterocycles. The molecule has 15 heavy (non-hydrogen) atoms. The Morgan fingerprint density at radius 2 is 2.13 bits per heavy atom. The summed E-state index contributed by atoms with van der Waals surface area (Å²) in [6.45, 7) is 3.83. The van der Waals surface area contributed by atoms with Gasteiger partial charge in [-0.25, -0.2) is 0 Å². The lowest BCUT2D eigenvalue weighted by Gasteiger charge is -2.09. The van der Waals surface area contributed by atoms with Crippen molar-refractivity contribution in [3.05, 3.63) is 24.3 Å². The average Bonchev–Trinajstić information content (AvgIpc) is 2.18. The van der Waals surface area contributed by atoms with Gasteiger partial charge in [0.2, 0.25) is 0 Å². The van der Waals surface area contributed by atoms with Gasteiger partial charge >= 0.3 is 0 Å². The number of rotatable bonds is 6. The van der Waals surface area contributed by atoms with Gasteiger partial charge in [-0.2, -0.15) is 0 Å². The van der Waals surface area contributed by atoms with Gasteiger partial charge in [0, 0.05) is 17.2 Å². The molecule has 0 unspecified atom stereocenters. The molecule has 0 aliphatic heterocycles. The summed E-state index contributed by atoms with van der Waals surface area (Å²) < 4.78 is 5.45. The van der Waals surface area contributed by atoms with Crippen molar-refractivity contribution in [2.24, 2.45) is 0 Å². The molecule has 0 N–H and O–H groups in total. The summed E-state index contributed by atoms with van der Waals surface area (Å²) in [7, 11) is 4.19. The van der Waals surface area contributed by atoms with E-state index in [9.17, 15) is 0 Å². The third-order valence-electron chi connectivity index (χ3n) is 1.92. The van der Waals surface area contributed by atoms with Gasteiger partial charge in [0.05, 0.1) is 6.61 Å². The predicted molar refractivity (Wildman–Crippen MR) is 66.9 cm³/mol. The second-order valence-electron chi connectivity index (χ2n) is 3.56. The Labute approximate surface area is 96.6 Å². The number of hydrogen-bond donors (Lipinski definition) is 0. The largest absolute Gasteiger partial charge is 0.494 e. The highest BCUT2D eigenvalue weighted by Crippen LogP contribution is 2.22. The van der Waals surface area contributed by atoms with Crippen LogP contribution in [0.15, 0.2) is 29.2 Å². The molecule has 1 aromatic carbocycles. The van der Waals surface area contributed by atoms with E-state index in [4.69, 9.17) is 4.74 Å². The number of nitrogens with zero attached hydrogens (tertiary/aromatic N) is 1. The summed E-state index contributed by atoms with van der Waals surface area (Å²) in [5.41, 5.74) is 0. The van der Waals surface area contributed by atoms with Crippen LogP contribution in [-0.2, 0) is 0 Å². The lowest BCUT2D eigenvalue weighted by molar-refractivity contribution is 0.339. The minimum absolute atomic E-state index is 0.728. The first-order chi connectivity index (χ1) is 7.22. The van der Waals surface area contributed by atoms with Crippen LogP contribution < -0.4 is 4.74 Å². The molecule has 0 amide bonds. The van der Waals surface area contributed by atoms with Crippen LogP contribution in [-0.4, -0.2) is 37.9 Å². The minimum Gasteiger partial charge on any atom is -0.494 e. The molecule has 1 rings (SSSR count). The van der Waals surface area contributed by atoms with Crippen molar-refractivity contribution in [2.45, 2.75) is 11.8 Å². The number of benzene rings is 1. The fourth-order valence-electron chi connectivity index (χ4n) is 1.17. The molecule has 0 heterocycles. The topological polar surface area (TPSA) is 12.5 Å². The highest BCUT2D eigenvalue weighted by Gasteiger charge is 1.97. The van der Waals surface area contributed by atoms with Crippen LogP contribution in [0.25, 0.3) is 0 Å². The van der Waals surface area contributed by atoms with E-state index in [2.05, 4.69) is 31.1 Å². The third kappa shape index (κ3) is 5.09. The normalized spacial score (nSPS) is 10.7. The molecular weight excluding hydrogens is 206 g/mol. The first-order valence-electron chi connectivity index (χ1n) is 5.22.